The summed E-state index contributed by atoms with van der Waals surface area (Å²) in [5.41, 5.74) is -0.111. The lowest BCUT2D eigenvalue weighted by molar-refractivity contribution is -0.140. The zero-order valence-corrected chi connectivity index (χ0v) is 14.2. The van der Waals surface area contributed by atoms with Crippen molar-refractivity contribution in [3.8, 4) is 0 Å². The Morgan fingerprint density at radius 3 is 2.74 bits per heavy atom. The molecule has 0 radical (unpaired) electrons. The van der Waals surface area contributed by atoms with Crippen molar-refractivity contribution >= 4 is 35.9 Å². The van der Waals surface area contributed by atoms with E-state index in [0.717, 1.165) is 19.4 Å². The van der Waals surface area contributed by atoms with Crippen LogP contribution in [0.15, 0.2) is 4.99 Å². The molecule has 1 rings (SSSR count). The van der Waals surface area contributed by atoms with Crippen molar-refractivity contribution in [2.45, 2.75) is 31.8 Å². The van der Waals surface area contributed by atoms with Gasteiger partial charge in [0.25, 0.3) is 0 Å². The standard InChI is InChI=1S/C12H23N3O3.HI/c1-12(6-4-8-18-12)9-15-11(13-2)14-7-5-10(16)17-3;/h4-9H2,1-3H3,(H2,13,14,15);1H. The molecule has 0 aliphatic carbocycles. The lowest BCUT2D eigenvalue weighted by atomic mass is 10.0. The molecule has 0 amide bonds. The molecule has 7 heteroatoms. The van der Waals surface area contributed by atoms with Crippen LogP contribution in [0.3, 0.4) is 0 Å². The monoisotopic (exact) mass is 385 g/mol. The summed E-state index contributed by atoms with van der Waals surface area (Å²) in [6, 6.07) is 0. The maximum absolute atomic E-state index is 11.0. The minimum Gasteiger partial charge on any atom is -0.469 e. The Labute approximate surface area is 131 Å². The number of carbonyl (C=O) groups is 1. The highest BCUT2D eigenvalue weighted by molar-refractivity contribution is 14.0. The molecule has 0 saturated carbocycles. The van der Waals surface area contributed by atoms with Crippen LogP contribution in [0.25, 0.3) is 0 Å². The van der Waals surface area contributed by atoms with Gasteiger partial charge in [-0.15, -0.1) is 24.0 Å². The number of aliphatic imine (C=N–C) groups is 1. The first kappa shape index (κ1) is 18.4. The maximum Gasteiger partial charge on any atom is 0.307 e. The lowest BCUT2D eigenvalue weighted by Gasteiger charge is -2.24. The minimum absolute atomic E-state index is 0. The van der Waals surface area contributed by atoms with Gasteiger partial charge >= 0.3 is 5.97 Å². The first-order valence-electron chi connectivity index (χ1n) is 6.25. The first-order chi connectivity index (χ1) is 8.59. The van der Waals surface area contributed by atoms with Gasteiger partial charge in [-0.05, 0) is 19.8 Å². The van der Waals surface area contributed by atoms with Crippen molar-refractivity contribution in [1.29, 1.82) is 0 Å². The Morgan fingerprint density at radius 1 is 1.47 bits per heavy atom. The molecule has 0 aromatic rings. The molecule has 1 aliphatic heterocycles. The zero-order chi connectivity index (χ0) is 13.4. The summed E-state index contributed by atoms with van der Waals surface area (Å²) in [6.07, 6.45) is 2.48. The number of esters is 1. The Hall–Kier alpha value is -0.570. The largest absolute Gasteiger partial charge is 0.469 e. The van der Waals surface area contributed by atoms with E-state index in [9.17, 15) is 4.79 Å². The van der Waals surface area contributed by atoms with E-state index in [-0.39, 0.29) is 35.5 Å². The highest BCUT2D eigenvalue weighted by atomic mass is 127. The summed E-state index contributed by atoms with van der Waals surface area (Å²) in [6.45, 7) is 4.14. The van der Waals surface area contributed by atoms with Crippen LogP contribution in [0.1, 0.15) is 26.2 Å². The van der Waals surface area contributed by atoms with Crippen LogP contribution in [-0.2, 0) is 14.3 Å². The Bertz CT molecular complexity index is 305. The number of carbonyl (C=O) groups excluding carboxylic acids is 1. The van der Waals surface area contributed by atoms with Crippen LogP contribution in [0.4, 0.5) is 0 Å². The van der Waals surface area contributed by atoms with E-state index in [0.29, 0.717) is 25.5 Å². The molecule has 2 N–H and O–H groups in total. The molecule has 112 valence electrons. The molecule has 1 heterocycles. The quantitative estimate of drug-likeness (QED) is 0.319. The van der Waals surface area contributed by atoms with Gasteiger partial charge < -0.3 is 20.1 Å². The number of hydrogen-bond donors (Lipinski definition) is 2. The minimum atomic E-state index is -0.232. The number of ether oxygens (including phenoxy) is 2. The molecule has 1 aliphatic rings. The number of nitrogens with one attached hydrogen (secondary N) is 2. The van der Waals surface area contributed by atoms with Gasteiger partial charge in [0.15, 0.2) is 5.96 Å². The third-order valence-electron chi connectivity index (χ3n) is 3.00. The summed E-state index contributed by atoms with van der Waals surface area (Å²) < 4.78 is 10.2. The molecule has 6 nitrogen and oxygen atoms in total. The molecule has 1 fully saturated rings. The third kappa shape index (κ3) is 6.95. The van der Waals surface area contributed by atoms with Crippen LogP contribution in [0.2, 0.25) is 0 Å². The van der Waals surface area contributed by atoms with Crippen LogP contribution < -0.4 is 10.6 Å². The lowest BCUT2D eigenvalue weighted by Crippen LogP contribution is -2.45. The molecular formula is C12H24IN3O3. The molecule has 0 spiro atoms. The second-order valence-corrected chi connectivity index (χ2v) is 4.58. The Balaban J connectivity index is 0.00000324. The molecule has 0 aromatic heterocycles. The summed E-state index contributed by atoms with van der Waals surface area (Å²) in [5, 5.41) is 6.26. The second kappa shape index (κ2) is 9.35. The van der Waals surface area contributed by atoms with Crippen molar-refractivity contribution in [3.63, 3.8) is 0 Å². The van der Waals surface area contributed by atoms with Gasteiger partial charge in [-0.1, -0.05) is 0 Å². The molecule has 1 atom stereocenters. The number of hydrogen-bond acceptors (Lipinski definition) is 4. The average molecular weight is 385 g/mol. The highest BCUT2D eigenvalue weighted by Gasteiger charge is 2.29. The van der Waals surface area contributed by atoms with Crippen molar-refractivity contribution in [1.82, 2.24) is 10.6 Å². The fraction of sp³-hybridized carbons (Fsp3) is 0.833. The Kier molecular flexibility index (Phi) is 9.07. The number of guanidine groups is 1. The smallest absolute Gasteiger partial charge is 0.307 e. The van der Waals surface area contributed by atoms with E-state index in [4.69, 9.17) is 4.74 Å². The second-order valence-electron chi connectivity index (χ2n) is 4.58. The van der Waals surface area contributed by atoms with Crippen molar-refractivity contribution in [2.24, 2.45) is 4.99 Å². The van der Waals surface area contributed by atoms with Crippen molar-refractivity contribution in [3.05, 3.63) is 0 Å². The topological polar surface area (TPSA) is 72.0 Å². The molecule has 19 heavy (non-hydrogen) atoms. The average Bonchev–Trinajstić information content (AvgIpc) is 2.80. The molecule has 1 unspecified atom stereocenters. The summed E-state index contributed by atoms with van der Waals surface area (Å²) in [4.78, 5) is 15.0. The number of methoxy groups -OCH3 is 1. The van der Waals surface area contributed by atoms with Crippen LogP contribution in [0, 0.1) is 0 Å². The van der Waals surface area contributed by atoms with E-state index in [1.165, 1.54) is 7.11 Å². The van der Waals surface area contributed by atoms with Crippen LogP contribution in [-0.4, -0.2) is 51.4 Å². The number of nitrogens with zero attached hydrogens (tertiary/aromatic N) is 1. The number of rotatable bonds is 5. The van der Waals surface area contributed by atoms with E-state index in [1.807, 2.05) is 0 Å². The van der Waals surface area contributed by atoms with Crippen molar-refractivity contribution < 1.29 is 14.3 Å². The van der Waals surface area contributed by atoms with Gasteiger partial charge in [0.05, 0.1) is 19.1 Å². The third-order valence-corrected chi connectivity index (χ3v) is 3.00. The van der Waals surface area contributed by atoms with Crippen molar-refractivity contribution in [2.75, 3.05) is 33.9 Å². The SMILES string of the molecule is CN=C(NCCC(=O)OC)NCC1(C)CCCO1.I. The number of halogens is 1. The molecule has 1 saturated heterocycles. The summed E-state index contributed by atoms with van der Waals surface area (Å²) in [7, 11) is 3.08. The molecule has 0 bridgehead atoms. The molecule has 0 aromatic carbocycles. The van der Waals surface area contributed by atoms with Gasteiger partial charge in [0, 0.05) is 26.7 Å². The van der Waals surface area contributed by atoms with Crippen LogP contribution in [0.5, 0.6) is 0 Å². The normalized spacial score (nSPS) is 22.6. The summed E-state index contributed by atoms with van der Waals surface area (Å²) >= 11 is 0. The van der Waals surface area contributed by atoms with Crippen LogP contribution >= 0.6 is 24.0 Å². The fourth-order valence-corrected chi connectivity index (χ4v) is 1.85. The van der Waals surface area contributed by atoms with E-state index >= 15 is 0 Å². The zero-order valence-electron chi connectivity index (χ0n) is 11.8. The maximum atomic E-state index is 11.0. The Morgan fingerprint density at radius 2 is 2.21 bits per heavy atom. The highest BCUT2D eigenvalue weighted by Crippen LogP contribution is 2.23. The molecular weight excluding hydrogens is 361 g/mol. The fourth-order valence-electron chi connectivity index (χ4n) is 1.85. The van der Waals surface area contributed by atoms with Gasteiger partial charge in [-0.25, -0.2) is 0 Å². The van der Waals surface area contributed by atoms with E-state index in [2.05, 4.69) is 27.3 Å². The first-order valence-corrected chi connectivity index (χ1v) is 6.25. The van der Waals surface area contributed by atoms with Gasteiger partial charge in [-0.3, -0.25) is 9.79 Å². The van der Waals surface area contributed by atoms with E-state index < -0.39 is 0 Å². The van der Waals surface area contributed by atoms with Gasteiger partial charge in [-0.2, -0.15) is 0 Å². The van der Waals surface area contributed by atoms with E-state index in [1.54, 1.807) is 7.05 Å². The predicted molar refractivity (Wildman–Crippen MR) is 85.0 cm³/mol. The predicted octanol–water partition coefficient (Wildman–Crippen LogP) is 0.902. The summed E-state index contributed by atoms with van der Waals surface area (Å²) in [5.74, 6) is 0.444. The van der Waals surface area contributed by atoms with Gasteiger partial charge in [0.2, 0.25) is 0 Å². The van der Waals surface area contributed by atoms with Gasteiger partial charge in [0.1, 0.15) is 0 Å².